The molecule has 1 aromatic carbocycles. The normalized spacial score (nSPS) is 14.9. The van der Waals surface area contributed by atoms with Crippen LogP contribution >= 0.6 is 0 Å². The molecule has 0 spiro atoms. The van der Waals surface area contributed by atoms with E-state index in [1.165, 1.54) is 17.5 Å². The summed E-state index contributed by atoms with van der Waals surface area (Å²) < 4.78 is 0. The summed E-state index contributed by atoms with van der Waals surface area (Å²) in [6.45, 7) is 10.8. The third kappa shape index (κ3) is 4.14. The lowest BCUT2D eigenvalue weighted by molar-refractivity contribution is 0.202. The molecule has 1 aromatic rings. The summed E-state index contributed by atoms with van der Waals surface area (Å²) in [6.07, 6.45) is 1.18. The van der Waals surface area contributed by atoms with Gasteiger partial charge in [-0.2, -0.15) is 0 Å². The van der Waals surface area contributed by atoms with E-state index in [-0.39, 0.29) is 6.04 Å². The van der Waals surface area contributed by atoms with Gasteiger partial charge < -0.3 is 5.73 Å². The van der Waals surface area contributed by atoms with Gasteiger partial charge in [-0.3, -0.25) is 4.90 Å². The number of nitrogens with zero attached hydrogens (tertiary/aromatic N) is 1. The lowest BCUT2D eigenvalue weighted by Crippen LogP contribution is -2.38. The highest BCUT2D eigenvalue weighted by Crippen LogP contribution is 2.15. The molecule has 0 bridgehead atoms. The van der Waals surface area contributed by atoms with Crippen LogP contribution in [0.15, 0.2) is 24.3 Å². The van der Waals surface area contributed by atoms with Crippen LogP contribution in [0.1, 0.15) is 44.4 Å². The minimum absolute atomic E-state index is 0.115. The van der Waals surface area contributed by atoms with Crippen LogP contribution in [0.5, 0.6) is 0 Å². The number of benzene rings is 1. The number of rotatable bonds is 6. The van der Waals surface area contributed by atoms with E-state index >= 15 is 0 Å². The SMILES string of the molecule is CCC(C)N(CC)CC(N)c1ccc(C)cc1. The van der Waals surface area contributed by atoms with Gasteiger partial charge in [0.05, 0.1) is 0 Å². The fraction of sp³-hybridized carbons (Fsp3) is 0.600. The van der Waals surface area contributed by atoms with Crippen LogP contribution < -0.4 is 5.73 Å². The second-order valence-electron chi connectivity index (χ2n) is 4.86. The Labute approximate surface area is 106 Å². The van der Waals surface area contributed by atoms with E-state index in [9.17, 15) is 0 Å². The van der Waals surface area contributed by atoms with Crippen molar-refractivity contribution in [3.05, 3.63) is 35.4 Å². The van der Waals surface area contributed by atoms with Crippen molar-refractivity contribution in [1.29, 1.82) is 0 Å². The van der Waals surface area contributed by atoms with Crippen LogP contribution in [0.2, 0.25) is 0 Å². The predicted octanol–water partition coefficient (Wildman–Crippen LogP) is 3.12. The van der Waals surface area contributed by atoms with Crippen LogP contribution in [0.25, 0.3) is 0 Å². The molecule has 0 aliphatic rings. The Balaban J connectivity index is 2.64. The minimum Gasteiger partial charge on any atom is -0.323 e. The van der Waals surface area contributed by atoms with Crippen LogP contribution in [0, 0.1) is 6.92 Å². The van der Waals surface area contributed by atoms with E-state index < -0.39 is 0 Å². The lowest BCUT2D eigenvalue weighted by Gasteiger charge is -2.29. The predicted molar refractivity (Wildman–Crippen MR) is 75.1 cm³/mol. The zero-order valence-corrected chi connectivity index (χ0v) is 11.6. The zero-order valence-electron chi connectivity index (χ0n) is 11.6. The second kappa shape index (κ2) is 6.77. The van der Waals surface area contributed by atoms with E-state index in [2.05, 4.69) is 56.9 Å². The maximum absolute atomic E-state index is 6.27. The van der Waals surface area contributed by atoms with Crippen molar-refractivity contribution < 1.29 is 0 Å². The Bertz CT molecular complexity index is 318. The summed E-state index contributed by atoms with van der Waals surface area (Å²) in [5, 5.41) is 0. The van der Waals surface area contributed by atoms with Gasteiger partial charge in [-0.25, -0.2) is 0 Å². The lowest BCUT2D eigenvalue weighted by atomic mass is 10.0. The van der Waals surface area contributed by atoms with Crippen molar-refractivity contribution in [3.63, 3.8) is 0 Å². The largest absolute Gasteiger partial charge is 0.323 e. The molecule has 0 aliphatic carbocycles. The topological polar surface area (TPSA) is 29.3 Å². The minimum atomic E-state index is 0.115. The highest BCUT2D eigenvalue weighted by Gasteiger charge is 2.14. The summed E-state index contributed by atoms with van der Waals surface area (Å²) >= 11 is 0. The smallest absolute Gasteiger partial charge is 0.0424 e. The maximum Gasteiger partial charge on any atom is 0.0424 e. The molecule has 0 amide bonds. The second-order valence-corrected chi connectivity index (χ2v) is 4.86. The number of hydrogen-bond acceptors (Lipinski definition) is 2. The van der Waals surface area contributed by atoms with E-state index in [0.717, 1.165) is 13.1 Å². The molecule has 2 N–H and O–H groups in total. The Morgan fingerprint density at radius 3 is 2.24 bits per heavy atom. The number of aryl methyl sites for hydroxylation is 1. The molecule has 2 heteroatoms. The molecule has 2 atom stereocenters. The fourth-order valence-electron chi connectivity index (χ4n) is 2.05. The monoisotopic (exact) mass is 234 g/mol. The van der Waals surface area contributed by atoms with Gasteiger partial charge in [0.25, 0.3) is 0 Å². The van der Waals surface area contributed by atoms with Crippen molar-refractivity contribution in [1.82, 2.24) is 4.90 Å². The molecule has 17 heavy (non-hydrogen) atoms. The maximum atomic E-state index is 6.27. The van der Waals surface area contributed by atoms with E-state index in [1.807, 2.05) is 0 Å². The summed E-state index contributed by atoms with van der Waals surface area (Å²) in [4.78, 5) is 2.45. The third-order valence-corrected chi connectivity index (χ3v) is 3.56. The van der Waals surface area contributed by atoms with Crippen LogP contribution in [-0.2, 0) is 0 Å². The zero-order chi connectivity index (χ0) is 12.8. The molecule has 0 heterocycles. The average Bonchev–Trinajstić information content (AvgIpc) is 2.35. The third-order valence-electron chi connectivity index (χ3n) is 3.56. The molecular formula is C15H26N2. The first-order chi connectivity index (χ1) is 8.08. The Morgan fingerprint density at radius 1 is 1.18 bits per heavy atom. The van der Waals surface area contributed by atoms with Crippen molar-refractivity contribution >= 4 is 0 Å². The van der Waals surface area contributed by atoms with Gasteiger partial charge in [0.1, 0.15) is 0 Å². The molecule has 0 saturated heterocycles. The van der Waals surface area contributed by atoms with Gasteiger partial charge in [-0.15, -0.1) is 0 Å². The first kappa shape index (κ1) is 14.2. The molecule has 2 unspecified atom stereocenters. The average molecular weight is 234 g/mol. The Kier molecular flexibility index (Phi) is 5.66. The molecule has 0 fully saturated rings. The standard InChI is InChI=1S/C15H26N2/c1-5-13(4)17(6-2)11-15(16)14-9-7-12(3)8-10-14/h7-10,13,15H,5-6,11,16H2,1-4H3. The molecule has 1 rings (SSSR count). The van der Waals surface area contributed by atoms with Gasteiger partial charge in [-0.05, 0) is 32.4 Å². The molecule has 0 radical (unpaired) electrons. The van der Waals surface area contributed by atoms with Gasteiger partial charge >= 0.3 is 0 Å². The van der Waals surface area contributed by atoms with Gasteiger partial charge in [0.15, 0.2) is 0 Å². The van der Waals surface area contributed by atoms with Crippen LogP contribution in [0.4, 0.5) is 0 Å². The Hall–Kier alpha value is -0.860. The van der Waals surface area contributed by atoms with Crippen molar-refractivity contribution in [2.24, 2.45) is 5.73 Å². The van der Waals surface area contributed by atoms with E-state index in [0.29, 0.717) is 6.04 Å². The first-order valence-corrected chi connectivity index (χ1v) is 6.64. The van der Waals surface area contributed by atoms with E-state index in [4.69, 9.17) is 5.73 Å². The number of nitrogens with two attached hydrogens (primary N) is 1. The van der Waals surface area contributed by atoms with E-state index in [1.54, 1.807) is 0 Å². The number of likely N-dealkylation sites (N-methyl/N-ethyl adjacent to an activating group) is 1. The first-order valence-electron chi connectivity index (χ1n) is 6.64. The summed E-state index contributed by atoms with van der Waals surface area (Å²) in [5.74, 6) is 0. The van der Waals surface area contributed by atoms with Gasteiger partial charge in [-0.1, -0.05) is 43.7 Å². The summed E-state index contributed by atoms with van der Waals surface area (Å²) in [5.41, 5.74) is 8.79. The van der Waals surface area contributed by atoms with Crippen molar-refractivity contribution in [2.75, 3.05) is 13.1 Å². The molecule has 96 valence electrons. The molecule has 0 aliphatic heterocycles. The summed E-state index contributed by atoms with van der Waals surface area (Å²) in [7, 11) is 0. The molecular weight excluding hydrogens is 208 g/mol. The molecule has 0 saturated carbocycles. The molecule has 2 nitrogen and oxygen atoms in total. The van der Waals surface area contributed by atoms with Gasteiger partial charge in [0.2, 0.25) is 0 Å². The Morgan fingerprint density at radius 2 is 1.76 bits per heavy atom. The van der Waals surface area contributed by atoms with Gasteiger partial charge in [0, 0.05) is 18.6 Å². The quantitative estimate of drug-likeness (QED) is 0.819. The van der Waals surface area contributed by atoms with Crippen LogP contribution in [0.3, 0.4) is 0 Å². The highest BCUT2D eigenvalue weighted by molar-refractivity contribution is 5.24. The van der Waals surface area contributed by atoms with Crippen molar-refractivity contribution in [2.45, 2.75) is 46.2 Å². The number of hydrogen-bond donors (Lipinski definition) is 1. The summed E-state index contributed by atoms with van der Waals surface area (Å²) in [6, 6.07) is 9.28. The van der Waals surface area contributed by atoms with Crippen molar-refractivity contribution in [3.8, 4) is 0 Å². The molecule has 0 aromatic heterocycles. The fourth-order valence-corrected chi connectivity index (χ4v) is 2.05. The van der Waals surface area contributed by atoms with Crippen LogP contribution in [-0.4, -0.2) is 24.0 Å². The highest BCUT2D eigenvalue weighted by atomic mass is 15.2.